The monoisotopic (exact) mass is 294 g/mol. The fraction of sp³-hybridized carbons (Fsp3) is 0.429. The van der Waals surface area contributed by atoms with Gasteiger partial charge in [-0.1, -0.05) is 11.6 Å². The van der Waals surface area contributed by atoms with Crippen LogP contribution in [0.25, 0.3) is 0 Å². The summed E-state index contributed by atoms with van der Waals surface area (Å²) in [6.45, 7) is 2.50. The minimum absolute atomic E-state index is 0.358. The van der Waals surface area contributed by atoms with E-state index in [0.717, 1.165) is 31.8 Å². The first-order chi connectivity index (χ1) is 9.60. The summed E-state index contributed by atoms with van der Waals surface area (Å²) in [5, 5.41) is 3.08. The van der Waals surface area contributed by atoms with E-state index < -0.39 is 11.7 Å². The number of ketones is 1. The fourth-order valence-electron chi connectivity index (χ4n) is 2.82. The van der Waals surface area contributed by atoms with E-state index in [2.05, 4.69) is 10.2 Å². The number of nitrogens with zero attached hydrogens (tertiary/aromatic N) is 1. The molecule has 2 heterocycles. The van der Waals surface area contributed by atoms with E-state index in [1.807, 2.05) is 0 Å². The Bertz CT molecular complexity index is 588. The summed E-state index contributed by atoms with van der Waals surface area (Å²) in [4.78, 5) is 25.2. The van der Waals surface area contributed by atoms with Crippen LogP contribution in [-0.2, 0) is 9.53 Å². The number of hydrogen-bond donors (Lipinski definition) is 1. The summed E-state index contributed by atoms with van der Waals surface area (Å²) < 4.78 is 5.18. The van der Waals surface area contributed by atoms with Crippen LogP contribution < -0.4 is 10.2 Å². The first kappa shape index (κ1) is 13.4. The number of ether oxygens (including phenoxy) is 1. The highest BCUT2D eigenvalue weighted by Crippen LogP contribution is 2.37. The van der Waals surface area contributed by atoms with E-state index in [4.69, 9.17) is 16.3 Å². The quantitative estimate of drug-likeness (QED) is 0.866. The number of methoxy groups -OCH3 is 1. The van der Waals surface area contributed by atoms with Crippen LogP contribution in [0.3, 0.4) is 0 Å². The van der Waals surface area contributed by atoms with Crippen molar-refractivity contribution in [3.8, 4) is 0 Å². The number of halogens is 1. The molecule has 0 bridgehead atoms. The lowest BCUT2D eigenvalue weighted by Crippen LogP contribution is -2.21. The molecule has 0 aromatic heterocycles. The highest BCUT2D eigenvalue weighted by atomic mass is 35.5. The summed E-state index contributed by atoms with van der Waals surface area (Å²) in [5.74, 6) is -0.625. The first-order valence-corrected chi connectivity index (χ1v) is 6.91. The standard InChI is InChI=1S/C14H15ClN2O3/c1-20-7-8-2-3-17(6-8)12-5-11-9(4-10(12)15)13(18)14(19)16-11/h4-5,8H,2-3,6-7H2,1H3,(H,16,18,19). The SMILES string of the molecule is COCC1CCN(c2cc3c(cc2Cl)C(=O)C(=O)N3)C1. The predicted octanol–water partition coefficient (Wildman–Crippen LogP) is 1.95. The summed E-state index contributed by atoms with van der Waals surface area (Å²) in [5.41, 5.74) is 1.77. The number of amides is 1. The fourth-order valence-corrected chi connectivity index (χ4v) is 3.10. The third-order valence-corrected chi connectivity index (χ3v) is 4.12. The van der Waals surface area contributed by atoms with Gasteiger partial charge in [-0.2, -0.15) is 0 Å². The molecule has 3 rings (SSSR count). The van der Waals surface area contributed by atoms with E-state index in [1.54, 1.807) is 19.2 Å². The molecule has 1 unspecified atom stereocenters. The van der Waals surface area contributed by atoms with Gasteiger partial charge >= 0.3 is 0 Å². The Morgan fingerprint density at radius 3 is 3.00 bits per heavy atom. The third-order valence-electron chi connectivity index (χ3n) is 3.81. The van der Waals surface area contributed by atoms with Gasteiger partial charge in [0.1, 0.15) is 0 Å². The highest BCUT2D eigenvalue weighted by Gasteiger charge is 2.31. The van der Waals surface area contributed by atoms with Crippen molar-refractivity contribution in [3.05, 3.63) is 22.7 Å². The number of benzene rings is 1. The lowest BCUT2D eigenvalue weighted by atomic mass is 10.1. The van der Waals surface area contributed by atoms with Crippen molar-refractivity contribution in [3.63, 3.8) is 0 Å². The largest absolute Gasteiger partial charge is 0.384 e. The summed E-state index contributed by atoms with van der Waals surface area (Å²) in [6, 6.07) is 3.37. The summed E-state index contributed by atoms with van der Waals surface area (Å²) in [7, 11) is 1.70. The molecule has 2 aliphatic heterocycles. The van der Waals surface area contributed by atoms with Crippen LogP contribution in [0.4, 0.5) is 11.4 Å². The first-order valence-electron chi connectivity index (χ1n) is 6.53. The lowest BCUT2D eigenvalue weighted by Gasteiger charge is -2.21. The van der Waals surface area contributed by atoms with Gasteiger partial charge in [0.2, 0.25) is 0 Å². The van der Waals surface area contributed by atoms with Crippen LogP contribution in [0, 0.1) is 5.92 Å². The number of Topliss-reactive ketones (excluding diaryl/α,β-unsaturated/α-hetero) is 1. The molecule has 1 fully saturated rings. The van der Waals surface area contributed by atoms with Gasteiger partial charge in [-0.25, -0.2) is 0 Å². The molecule has 5 nitrogen and oxygen atoms in total. The maximum Gasteiger partial charge on any atom is 0.296 e. The zero-order chi connectivity index (χ0) is 14.3. The van der Waals surface area contributed by atoms with Gasteiger partial charge in [0.05, 0.1) is 28.6 Å². The van der Waals surface area contributed by atoms with E-state index in [0.29, 0.717) is 22.2 Å². The van der Waals surface area contributed by atoms with Crippen molar-refractivity contribution < 1.29 is 14.3 Å². The Morgan fingerprint density at radius 1 is 1.45 bits per heavy atom. The molecule has 6 heteroatoms. The van der Waals surface area contributed by atoms with Crippen LogP contribution in [-0.4, -0.2) is 38.5 Å². The summed E-state index contributed by atoms with van der Waals surface area (Å²) >= 11 is 6.26. The number of carbonyl (C=O) groups excluding carboxylic acids is 2. The molecule has 0 spiro atoms. The molecular weight excluding hydrogens is 280 g/mol. The van der Waals surface area contributed by atoms with Crippen LogP contribution in [0.5, 0.6) is 0 Å². The van der Waals surface area contributed by atoms with Gasteiger partial charge in [-0.3, -0.25) is 9.59 Å². The van der Waals surface area contributed by atoms with Gasteiger partial charge in [0, 0.05) is 26.1 Å². The number of carbonyl (C=O) groups is 2. The van der Waals surface area contributed by atoms with Crippen molar-refractivity contribution in [1.29, 1.82) is 0 Å². The maximum atomic E-state index is 11.6. The van der Waals surface area contributed by atoms with Gasteiger partial charge in [0.15, 0.2) is 0 Å². The zero-order valence-electron chi connectivity index (χ0n) is 11.1. The number of anilines is 2. The lowest BCUT2D eigenvalue weighted by molar-refractivity contribution is -0.112. The molecule has 1 aromatic rings. The predicted molar refractivity (Wildman–Crippen MR) is 76.6 cm³/mol. The van der Waals surface area contributed by atoms with Gasteiger partial charge in [-0.15, -0.1) is 0 Å². The second kappa shape index (κ2) is 5.07. The molecule has 20 heavy (non-hydrogen) atoms. The average Bonchev–Trinajstić information content (AvgIpc) is 2.97. The summed E-state index contributed by atoms with van der Waals surface area (Å²) in [6.07, 6.45) is 1.05. The normalized spacial score (nSPS) is 21.3. The molecule has 0 aliphatic carbocycles. The maximum absolute atomic E-state index is 11.6. The molecule has 1 amide bonds. The third kappa shape index (κ3) is 2.17. The molecule has 1 atom stereocenters. The van der Waals surface area contributed by atoms with E-state index in [-0.39, 0.29) is 0 Å². The number of hydrogen-bond acceptors (Lipinski definition) is 4. The van der Waals surface area contributed by atoms with E-state index in [9.17, 15) is 9.59 Å². The minimum atomic E-state index is -0.591. The molecule has 2 aliphatic rings. The molecule has 1 aromatic carbocycles. The Hall–Kier alpha value is -1.59. The minimum Gasteiger partial charge on any atom is -0.384 e. The van der Waals surface area contributed by atoms with E-state index >= 15 is 0 Å². The van der Waals surface area contributed by atoms with E-state index in [1.165, 1.54) is 0 Å². The Morgan fingerprint density at radius 2 is 2.25 bits per heavy atom. The van der Waals surface area contributed by atoms with Crippen LogP contribution >= 0.6 is 11.6 Å². The molecular formula is C14H15ClN2O3. The topological polar surface area (TPSA) is 58.6 Å². The van der Waals surface area contributed by atoms with Crippen LogP contribution in [0.1, 0.15) is 16.8 Å². The second-order valence-corrected chi connectivity index (χ2v) is 5.60. The Balaban J connectivity index is 1.87. The number of fused-ring (bicyclic) bond motifs is 1. The Labute approximate surface area is 121 Å². The second-order valence-electron chi connectivity index (χ2n) is 5.19. The Kier molecular flexibility index (Phi) is 3.40. The molecule has 1 N–H and O–H groups in total. The molecule has 0 saturated carbocycles. The van der Waals surface area contributed by atoms with Crippen molar-refractivity contribution in [2.24, 2.45) is 5.92 Å². The average molecular weight is 295 g/mol. The number of nitrogens with one attached hydrogen (secondary N) is 1. The van der Waals surface area contributed by atoms with Gasteiger partial charge < -0.3 is 15.0 Å². The highest BCUT2D eigenvalue weighted by molar-refractivity contribution is 6.52. The molecule has 106 valence electrons. The molecule has 0 radical (unpaired) electrons. The number of rotatable bonds is 3. The van der Waals surface area contributed by atoms with Crippen LogP contribution in [0.15, 0.2) is 12.1 Å². The molecule has 1 saturated heterocycles. The van der Waals surface area contributed by atoms with Crippen molar-refractivity contribution in [1.82, 2.24) is 0 Å². The van der Waals surface area contributed by atoms with Crippen molar-refractivity contribution in [2.45, 2.75) is 6.42 Å². The van der Waals surface area contributed by atoms with Crippen molar-refractivity contribution in [2.75, 3.05) is 37.0 Å². The van der Waals surface area contributed by atoms with Gasteiger partial charge in [0.25, 0.3) is 11.7 Å². The van der Waals surface area contributed by atoms with Gasteiger partial charge in [-0.05, 0) is 18.6 Å². The smallest absolute Gasteiger partial charge is 0.296 e. The van der Waals surface area contributed by atoms with Crippen LogP contribution in [0.2, 0.25) is 5.02 Å². The zero-order valence-corrected chi connectivity index (χ0v) is 11.9. The van der Waals surface area contributed by atoms with Crippen molar-refractivity contribution >= 4 is 34.7 Å².